The molecule has 2 aromatic rings. The molecular formula is C21H32N2. The first-order valence-corrected chi connectivity index (χ1v) is 9.32. The van der Waals surface area contributed by atoms with Crippen LogP contribution in [-0.2, 0) is 6.42 Å². The fourth-order valence-electron chi connectivity index (χ4n) is 3.37. The van der Waals surface area contributed by atoms with E-state index in [1.165, 1.54) is 50.5 Å². The van der Waals surface area contributed by atoms with Crippen LogP contribution < -0.4 is 0 Å². The lowest BCUT2D eigenvalue weighted by atomic mass is 9.88. The molecule has 0 aliphatic rings. The van der Waals surface area contributed by atoms with Crippen molar-refractivity contribution in [3.63, 3.8) is 0 Å². The highest BCUT2D eigenvalue weighted by molar-refractivity contribution is 5.15. The minimum atomic E-state index is 0.508. The predicted molar refractivity (Wildman–Crippen MR) is 98.6 cm³/mol. The zero-order chi connectivity index (χ0) is 16.3. The van der Waals surface area contributed by atoms with Gasteiger partial charge in [-0.1, -0.05) is 75.8 Å². The summed E-state index contributed by atoms with van der Waals surface area (Å²) in [5.41, 5.74) is 1.45. The second kappa shape index (κ2) is 10.3. The average Bonchev–Trinajstić information content (AvgIpc) is 3.12. The molecule has 0 radical (unpaired) electrons. The van der Waals surface area contributed by atoms with Gasteiger partial charge in [0, 0.05) is 18.4 Å². The summed E-state index contributed by atoms with van der Waals surface area (Å²) in [7, 11) is 0. The monoisotopic (exact) mass is 312 g/mol. The Morgan fingerprint density at radius 3 is 2.43 bits per heavy atom. The molecule has 0 aliphatic carbocycles. The zero-order valence-corrected chi connectivity index (χ0v) is 14.8. The van der Waals surface area contributed by atoms with Crippen LogP contribution in [0, 0.1) is 5.92 Å². The topological polar surface area (TPSA) is 17.8 Å². The minimum Gasteiger partial charge on any atom is -0.334 e. The van der Waals surface area contributed by atoms with Gasteiger partial charge >= 0.3 is 0 Å². The number of imidazole rings is 1. The van der Waals surface area contributed by atoms with Gasteiger partial charge in [-0.05, 0) is 31.2 Å². The summed E-state index contributed by atoms with van der Waals surface area (Å²) in [5.74, 6) is 0.678. The normalized spacial score (nSPS) is 13.8. The van der Waals surface area contributed by atoms with Gasteiger partial charge in [0.2, 0.25) is 0 Å². The van der Waals surface area contributed by atoms with Crippen LogP contribution in [0.25, 0.3) is 0 Å². The van der Waals surface area contributed by atoms with Gasteiger partial charge in [-0.25, -0.2) is 4.98 Å². The Balaban J connectivity index is 1.89. The molecule has 1 heterocycles. The van der Waals surface area contributed by atoms with E-state index in [-0.39, 0.29) is 0 Å². The van der Waals surface area contributed by atoms with Crippen LogP contribution in [0.1, 0.15) is 70.4 Å². The summed E-state index contributed by atoms with van der Waals surface area (Å²) in [6.07, 6.45) is 16.7. The van der Waals surface area contributed by atoms with Crippen molar-refractivity contribution in [3.05, 3.63) is 54.6 Å². The fraction of sp³-hybridized carbons (Fsp3) is 0.571. The number of unbranched alkanes of at least 4 members (excludes halogenated alkanes) is 5. The number of hydrogen-bond acceptors (Lipinski definition) is 1. The molecule has 0 amide bonds. The van der Waals surface area contributed by atoms with Crippen LogP contribution in [0.15, 0.2) is 49.1 Å². The molecule has 0 spiro atoms. The number of hydrogen-bond donors (Lipinski definition) is 0. The molecular weight excluding hydrogens is 280 g/mol. The molecule has 0 N–H and O–H groups in total. The predicted octanol–water partition coefficient (Wildman–Crippen LogP) is 6.05. The zero-order valence-electron chi connectivity index (χ0n) is 14.8. The fourth-order valence-corrected chi connectivity index (χ4v) is 3.37. The standard InChI is InChI=1S/C21H32N2/c1-3-4-5-6-7-11-14-21(17-20-12-9-8-10-13-20)19(2)23-16-15-22-18-23/h8-10,12-13,15-16,18-19,21H,3-7,11,14,17H2,1-2H3. The minimum absolute atomic E-state index is 0.508. The van der Waals surface area contributed by atoms with Crippen LogP contribution in [0.5, 0.6) is 0 Å². The van der Waals surface area contributed by atoms with E-state index in [1.54, 1.807) is 0 Å². The van der Waals surface area contributed by atoms with Crippen molar-refractivity contribution >= 4 is 0 Å². The lowest BCUT2D eigenvalue weighted by molar-refractivity contribution is 0.318. The molecule has 2 heteroatoms. The van der Waals surface area contributed by atoms with Crippen molar-refractivity contribution in [2.24, 2.45) is 5.92 Å². The maximum Gasteiger partial charge on any atom is 0.0948 e. The van der Waals surface area contributed by atoms with E-state index < -0.39 is 0 Å². The lowest BCUT2D eigenvalue weighted by Gasteiger charge is -2.25. The third-order valence-corrected chi connectivity index (χ3v) is 4.95. The van der Waals surface area contributed by atoms with E-state index in [1.807, 2.05) is 12.5 Å². The average molecular weight is 313 g/mol. The third-order valence-electron chi connectivity index (χ3n) is 4.95. The molecule has 2 nitrogen and oxygen atoms in total. The first-order chi connectivity index (χ1) is 11.3. The molecule has 0 fully saturated rings. The van der Waals surface area contributed by atoms with E-state index in [0.717, 1.165) is 6.42 Å². The van der Waals surface area contributed by atoms with E-state index in [9.17, 15) is 0 Å². The molecule has 126 valence electrons. The van der Waals surface area contributed by atoms with Gasteiger partial charge < -0.3 is 4.57 Å². The van der Waals surface area contributed by atoms with Crippen molar-refractivity contribution in [2.45, 2.75) is 71.3 Å². The van der Waals surface area contributed by atoms with Crippen LogP contribution in [0.2, 0.25) is 0 Å². The summed E-state index contributed by atoms with van der Waals surface area (Å²) >= 11 is 0. The van der Waals surface area contributed by atoms with Gasteiger partial charge in [0.1, 0.15) is 0 Å². The van der Waals surface area contributed by atoms with Crippen molar-refractivity contribution in [3.8, 4) is 0 Å². The maximum atomic E-state index is 4.23. The smallest absolute Gasteiger partial charge is 0.0948 e. The van der Waals surface area contributed by atoms with Gasteiger partial charge in [0.25, 0.3) is 0 Å². The van der Waals surface area contributed by atoms with Crippen molar-refractivity contribution in [1.82, 2.24) is 9.55 Å². The van der Waals surface area contributed by atoms with E-state index in [2.05, 4.69) is 59.9 Å². The Kier molecular flexibility index (Phi) is 7.92. The van der Waals surface area contributed by atoms with Crippen LogP contribution in [-0.4, -0.2) is 9.55 Å². The second-order valence-electron chi connectivity index (χ2n) is 6.76. The van der Waals surface area contributed by atoms with E-state index in [0.29, 0.717) is 12.0 Å². The van der Waals surface area contributed by atoms with Crippen molar-refractivity contribution in [2.75, 3.05) is 0 Å². The summed E-state index contributed by atoms with van der Waals surface area (Å²) in [6, 6.07) is 11.4. The molecule has 2 atom stereocenters. The SMILES string of the molecule is CCCCCCCCC(Cc1ccccc1)C(C)n1ccnc1. The quantitative estimate of drug-likeness (QED) is 0.461. The lowest BCUT2D eigenvalue weighted by Crippen LogP contribution is -2.18. The largest absolute Gasteiger partial charge is 0.334 e. The Morgan fingerprint density at radius 1 is 1.00 bits per heavy atom. The molecule has 0 bridgehead atoms. The van der Waals surface area contributed by atoms with Crippen molar-refractivity contribution in [1.29, 1.82) is 0 Å². The number of benzene rings is 1. The highest BCUT2D eigenvalue weighted by atomic mass is 15.0. The second-order valence-corrected chi connectivity index (χ2v) is 6.76. The molecule has 0 saturated heterocycles. The molecule has 23 heavy (non-hydrogen) atoms. The molecule has 0 saturated carbocycles. The van der Waals surface area contributed by atoms with E-state index >= 15 is 0 Å². The Hall–Kier alpha value is -1.57. The number of aromatic nitrogens is 2. The molecule has 0 aliphatic heterocycles. The molecule has 2 unspecified atom stereocenters. The van der Waals surface area contributed by atoms with Gasteiger partial charge in [-0.3, -0.25) is 0 Å². The van der Waals surface area contributed by atoms with Crippen LogP contribution in [0.4, 0.5) is 0 Å². The number of nitrogens with zero attached hydrogens (tertiary/aromatic N) is 2. The first-order valence-electron chi connectivity index (χ1n) is 9.32. The van der Waals surface area contributed by atoms with Gasteiger partial charge in [0.05, 0.1) is 6.33 Å². The van der Waals surface area contributed by atoms with Crippen LogP contribution >= 0.6 is 0 Å². The van der Waals surface area contributed by atoms with Crippen LogP contribution in [0.3, 0.4) is 0 Å². The Labute approximate surface area is 142 Å². The Bertz CT molecular complexity index is 504. The first kappa shape index (κ1) is 17.8. The van der Waals surface area contributed by atoms with Gasteiger partial charge in [-0.2, -0.15) is 0 Å². The summed E-state index contributed by atoms with van der Waals surface area (Å²) < 4.78 is 2.27. The highest BCUT2D eigenvalue weighted by Crippen LogP contribution is 2.27. The highest BCUT2D eigenvalue weighted by Gasteiger charge is 2.18. The van der Waals surface area contributed by atoms with Gasteiger partial charge in [0.15, 0.2) is 0 Å². The maximum absolute atomic E-state index is 4.23. The van der Waals surface area contributed by atoms with E-state index in [4.69, 9.17) is 0 Å². The summed E-state index contributed by atoms with van der Waals surface area (Å²) in [4.78, 5) is 4.23. The summed E-state index contributed by atoms with van der Waals surface area (Å²) in [5, 5.41) is 0. The van der Waals surface area contributed by atoms with Gasteiger partial charge in [-0.15, -0.1) is 0 Å². The summed E-state index contributed by atoms with van der Waals surface area (Å²) in [6.45, 7) is 4.62. The Morgan fingerprint density at radius 2 is 1.74 bits per heavy atom. The third kappa shape index (κ3) is 6.21. The number of rotatable bonds is 11. The molecule has 1 aromatic carbocycles. The molecule has 1 aromatic heterocycles. The van der Waals surface area contributed by atoms with Crippen molar-refractivity contribution < 1.29 is 0 Å². The molecule has 2 rings (SSSR count).